The number of rotatable bonds is 4. The topological polar surface area (TPSA) is 65.8 Å². The van der Waals surface area contributed by atoms with Crippen LogP contribution in [0.4, 0.5) is 0 Å². The number of likely N-dealkylation sites (N-methyl/N-ethyl adjacent to an activating group) is 1. The maximum atomic E-state index is 11.9. The maximum Gasteiger partial charge on any atom is 0.335 e. The van der Waals surface area contributed by atoms with E-state index in [-0.39, 0.29) is 5.57 Å². The van der Waals surface area contributed by atoms with Crippen molar-refractivity contribution < 1.29 is 9.90 Å². The fourth-order valence-electron chi connectivity index (χ4n) is 2.94. The third kappa shape index (κ3) is 3.29. The molecular formula is C17H15Cl2N3O2S. The van der Waals surface area contributed by atoms with Gasteiger partial charge in [0.15, 0.2) is 5.84 Å². The van der Waals surface area contributed by atoms with Gasteiger partial charge in [-0.05, 0) is 31.5 Å². The second-order valence-corrected chi connectivity index (χ2v) is 7.03. The molecule has 0 spiro atoms. The summed E-state index contributed by atoms with van der Waals surface area (Å²) in [5.41, 5.74) is 3.75. The van der Waals surface area contributed by atoms with Gasteiger partial charge in [-0.3, -0.25) is 0 Å². The van der Waals surface area contributed by atoms with Crippen molar-refractivity contribution in [1.82, 2.24) is 9.88 Å². The molecule has 0 saturated heterocycles. The first kappa shape index (κ1) is 17.9. The average molecular weight is 396 g/mol. The Kier molecular flexibility index (Phi) is 5.13. The molecule has 1 aliphatic heterocycles. The molecule has 2 aromatic rings. The van der Waals surface area contributed by atoms with Crippen molar-refractivity contribution in [2.24, 2.45) is 4.99 Å². The summed E-state index contributed by atoms with van der Waals surface area (Å²) in [6.07, 6.45) is 0. The molecule has 1 aliphatic rings. The van der Waals surface area contributed by atoms with E-state index in [2.05, 4.69) is 9.98 Å². The fourth-order valence-corrected chi connectivity index (χ4v) is 3.98. The Morgan fingerprint density at radius 1 is 1.40 bits per heavy atom. The van der Waals surface area contributed by atoms with Crippen molar-refractivity contribution in [2.45, 2.75) is 19.9 Å². The van der Waals surface area contributed by atoms with Crippen LogP contribution in [0.5, 0.6) is 0 Å². The van der Waals surface area contributed by atoms with E-state index in [1.54, 1.807) is 30.6 Å². The van der Waals surface area contributed by atoms with Gasteiger partial charge in [0.1, 0.15) is 5.69 Å². The predicted molar refractivity (Wildman–Crippen MR) is 101 cm³/mol. The molecule has 8 heteroatoms. The van der Waals surface area contributed by atoms with Crippen LogP contribution in [0.15, 0.2) is 45.4 Å². The van der Waals surface area contributed by atoms with E-state index in [0.717, 1.165) is 0 Å². The van der Waals surface area contributed by atoms with Gasteiger partial charge in [0.25, 0.3) is 0 Å². The molecule has 1 aromatic carbocycles. The number of carboxylic acid groups (broad SMARTS) is 1. The van der Waals surface area contributed by atoms with Crippen LogP contribution >= 0.6 is 34.5 Å². The van der Waals surface area contributed by atoms with Crippen LogP contribution in [-0.2, 0) is 4.79 Å². The van der Waals surface area contributed by atoms with Gasteiger partial charge in [0.05, 0.1) is 22.8 Å². The van der Waals surface area contributed by atoms with Gasteiger partial charge < -0.3 is 10.0 Å². The third-order valence-corrected chi connectivity index (χ3v) is 5.16. The smallest absolute Gasteiger partial charge is 0.335 e. The monoisotopic (exact) mass is 395 g/mol. The lowest BCUT2D eigenvalue weighted by Gasteiger charge is -2.37. The van der Waals surface area contributed by atoms with Crippen molar-refractivity contribution >= 4 is 46.3 Å². The molecule has 0 bridgehead atoms. The normalized spacial score (nSPS) is 17.7. The van der Waals surface area contributed by atoms with Crippen molar-refractivity contribution in [1.29, 1.82) is 0 Å². The Bertz CT molecular complexity index is 878. The molecule has 130 valence electrons. The van der Waals surface area contributed by atoms with Gasteiger partial charge in [-0.15, -0.1) is 11.3 Å². The van der Waals surface area contributed by atoms with Crippen LogP contribution < -0.4 is 0 Å². The zero-order chi connectivity index (χ0) is 18.1. The van der Waals surface area contributed by atoms with Crippen molar-refractivity contribution in [3.63, 3.8) is 0 Å². The van der Waals surface area contributed by atoms with E-state index < -0.39 is 12.0 Å². The Balaban J connectivity index is 2.23. The van der Waals surface area contributed by atoms with Gasteiger partial charge in [0, 0.05) is 22.0 Å². The lowest BCUT2D eigenvalue weighted by Crippen LogP contribution is -2.41. The van der Waals surface area contributed by atoms with Gasteiger partial charge >= 0.3 is 5.97 Å². The van der Waals surface area contributed by atoms with Gasteiger partial charge in [-0.25, -0.2) is 14.8 Å². The molecule has 0 amide bonds. The van der Waals surface area contributed by atoms with E-state index >= 15 is 0 Å². The SMILES string of the molecule is CCN1C(c2cscn2)=NC(C)=C(C(=O)O)C1c1ccc(Cl)cc1Cl. The Labute approximate surface area is 159 Å². The Morgan fingerprint density at radius 3 is 2.72 bits per heavy atom. The van der Waals surface area contributed by atoms with Crippen molar-refractivity contribution in [3.8, 4) is 0 Å². The van der Waals surface area contributed by atoms with Crippen molar-refractivity contribution in [2.75, 3.05) is 6.54 Å². The van der Waals surface area contributed by atoms with Crippen LogP contribution in [0.3, 0.4) is 0 Å². The van der Waals surface area contributed by atoms with E-state index in [9.17, 15) is 9.90 Å². The number of thiazole rings is 1. The molecule has 1 unspecified atom stereocenters. The van der Waals surface area contributed by atoms with Gasteiger partial charge in [-0.1, -0.05) is 29.3 Å². The molecule has 3 rings (SSSR count). The van der Waals surface area contributed by atoms with E-state index in [1.165, 1.54) is 11.3 Å². The number of carboxylic acids is 1. The Morgan fingerprint density at radius 2 is 2.16 bits per heavy atom. The lowest BCUT2D eigenvalue weighted by atomic mass is 9.93. The minimum atomic E-state index is -1.02. The molecule has 1 atom stereocenters. The average Bonchev–Trinajstić information content (AvgIpc) is 3.08. The number of carbonyl (C=O) groups is 1. The second-order valence-electron chi connectivity index (χ2n) is 5.47. The summed E-state index contributed by atoms with van der Waals surface area (Å²) < 4.78 is 0. The number of aromatic nitrogens is 1. The van der Waals surface area contributed by atoms with Crippen LogP contribution in [0, 0.1) is 0 Å². The highest BCUT2D eigenvalue weighted by Crippen LogP contribution is 2.39. The van der Waals surface area contributed by atoms with Crippen LogP contribution in [0.2, 0.25) is 10.0 Å². The summed E-state index contributed by atoms with van der Waals surface area (Å²) >= 11 is 13.9. The lowest BCUT2D eigenvalue weighted by molar-refractivity contribution is -0.133. The molecule has 0 fully saturated rings. The third-order valence-electron chi connectivity index (χ3n) is 4.01. The van der Waals surface area contributed by atoms with Gasteiger partial charge in [0.2, 0.25) is 0 Å². The first-order chi connectivity index (χ1) is 11.9. The molecule has 0 radical (unpaired) electrons. The summed E-state index contributed by atoms with van der Waals surface area (Å²) in [5.74, 6) is -0.379. The first-order valence-electron chi connectivity index (χ1n) is 7.57. The molecule has 25 heavy (non-hydrogen) atoms. The highest BCUT2D eigenvalue weighted by Gasteiger charge is 2.37. The number of aliphatic carboxylic acids is 1. The summed E-state index contributed by atoms with van der Waals surface area (Å²) in [6, 6.07) is 4.52. The number of aliphatic imine (C=N–C) groups is 1. The largest absolute Gasteiger partial charge is 0.478 e. The number of halogens is 2. The highest BCUT2D eigenvalue weighted by molar-refractivity contribution is 7.07. The van der Waals surface area contributed by atoms with Crippen LogP contribution in [-0.4, -0.2) is 33.3 Å². The zero-order valence-corrected chi connectivity index (χ0v) is 15.9. The number of hydrogen-bond donors (Lipinski definition) is 1. The predicted octanol–water partition coefficient (Wildman–Crippen LogP) is 4.63. The minimum Gasteiger partial charge on any atom is -0.478 e. The molecule has 1 N–H and O–H groups in total. The van der Waals surface area contributed by atoms with E-state index in [4.69, 9.17) is 23.2 Å². The summed E-state index contributed by atoms with van der Waals surface area (Å²) in [7, 11) is 0. The highest BCUT2D eigenvalue weighted by atomic mass is 35.5. The molecule has 0 saturated carbocycles. The first-order valence-corrected chi connectivity index (χ1v) is 9.26. The number of hydrogen-bond acceptors (Lipinski definition) is 5. The standard InChI is InChI=1S/C17H15Cl2N3O2S/c1-3-22-15(11-5-4-10(18)6-12(11)19)14(17(23)24)9(2)21-16(22)13-7-25-8-20-13/h4-8,15H,3H2,1-2H3,(H,23,24). The quantitative estimate of drug-likeness (QED) is 0.818. The summed E-state index contributed by atoms with van der Waals surface area (Å²) in [6.45, 7) is 4.18. The number of nitrogens with zero attached hydrogens (tertiary/aromatic N) is 3. The molecule has 1 aromatic heterocycles. The van der Waals surface area contributed by atoms with Crippen LogP contribution in [0.25, 0.3) is 0 Å². The van der Waals surface area contributed by atoms with E-state index in [0.29, 0.717) is 39.4 Å². The number of allylic oxidation sites excluding steroid dienone is 1. The molecule has 5 nitrogen and oxygen atoms in total. The maximum absolute atomic E-state index is 11.9. The molecule has 2 heterocycles. The van der Waals surface area contributed by atoms with Gasteiger partial charge in [-0.2, -0.15) is 0 Å². The summed E-state index contributed by atoms with van der Waals surface area (Å²) in [4.78, 5) is 22.7. The molecular weight excluding hydrogens is 381 g/mol. The van der Waals surface area contributed by atoms with Crippen molar-refractivity contribution in [3.05, 3.63) is 61.7 Å². The van der Waals surface area contributed by atoms with Crippen LogP contribution in [0.1, 0.15) is 31.1 Å². The number of amidine groups is 1. The second kappa shape index (κ2) is 7.15. The number of benzene rings is 1. The zero-order valence-electron chi connectivity index (χ0n) is 13.5. The molecule has 0 aliphatic carbocycles. The van der Waals surface area contributed by atoms with E-state index in [1.807, 2.05) is 17.2 Å². The minimum absolute atomic E-state index is 0.199. The Hall–Kier alpha value is -1.89. The summed E-state index contributed by atoms with van der Waals surface area (Å²) in [5, 5.41) is 12.6. The fraction of sp³-hybridized carbons (Fsp3) is 0.235.